The topological polar surface area (TPSA) is 158 Å². The second kappa shape index (κ2) is 18.7. The summed E-state index contributed by atoms with van der Waals surface area (Å²) < 4.78 is 34.9. The highest BCUT2D eigenvalue weighted by Gasteiger charge is 2.41. The summed E-state index contributed by atoms with van der Waals surface area (Å²) in [5.41, 5.74) is 2.57. The minimum Gasteiger partial charge on any atom is -0.442 e. The van der Waals surface area contributed by atoms with Crippen molar-refractivity contribution in [1.29, 1.82) is 0 Å². The Labute approximate surface area is 321 Å². The number of hydrogen-bond donors (Lipinski definition) is 2. The summed E-state index contributed by atoms with van der Waals surface area (Å²) >= 11 is 1.52. The largest absolute Gasteiger partial charge is 0.442 e. The molecule has 0 aliphatic carbocycles. The van der Waals surface area contributed by atoms with E-state index in [0.29, 0.717) is 19.6 Å². The number of aliphatic hydroxyl groups excluding tert-OH is 1. The van der Waals surface area contributed by atoms with Crippen molar-refractivity contribution in [2.45, 2.75) is 77.5 Å². The molecule has 4 aromatic rings. The number of carbonyl (C=O) groups excluding carboxylic acids is 2. The maximum absolute atomic E-state index is 14.1. The standard InChI is InChI=1S/C39H50N6O7S2/c1-27(2)22-44(54(49,50)36-17-16-33(52-36)21-40-51-25-31-14-10-7-11-15-31)24-35(46)34(20-30-12-8-6-9-13-30)42-38(47)37(28(3)4)45-19-18-43(39(45)48)23-32-26-53-29(5)41-32/h6-17,21,26-28,34-35,37,46H,18-20,22-25H2,1-5H3,(H,42,47)/b40-21-/t34-,35+,37-/m0/s1. The molecule has 0 bridgehead atoms. The minimum atomic E-state index is -4.23. The van der Waals surface area contributed by atoms with Crippen LogP contribution in [-0.2, 0) is 39.2 Å². The average molecular weight is 779 g/mol. The maximum Gasteiger partial charge on any atom is 0.321 e. The van der Waals surface area contributed by atoms with Crippen molar-refractivity contribution in [2.24, 2.45) is 17.0 Å². The zero-order valence-corrected chi connectivity index (χ0v) is 33.0. The maximum atomic E-state index is 14.1. The van der Waals surface area contributed by atoms with Crippen molar-refractivity contribution >= 4 is 39.5 Å². The molecule has 0 radical (unpaired) electrons. The molecule has 3 atom stereocenters. The smallest absolute Gasteiger partial charge is 0.321 e. The predicted octanol–water partition coefficient (Wildman–Crippen LogP) is 5.29. The fourth-order valence-corrected chi connectivity index (χ4v) is 8.51. The number of hydrogen-bond acceptors (Lipinski definition) is 10. The van der Waals surface area contributed by atoms with Gasteiger partial charge in [-0.3, -0.25) is 4.79 Å². The summed E-state index contributed by atoms with van der Waals surface area (Å²) in [7, 11) is -4.23. The molecular weight excluding hydrogens is 729 g/mol. The molecule has 3 amide bonds. The molecule has 0 spiro atoms. The number of benzene rings is 2. The number of nitrogens with one attached hydrogen (secondary N) is 1. The van der Waals surface area contributed by atoms with Gasteiger partial charge in [0.05, 0.1) is 29.4 Å². The van der Waals surface area contributed by atoms with Crippen molar-refractivity contribution < 1.29 is 32.4 Å². The van der Waals surface area contributed by atoms with Crippen molar-refractivity contribution in [2.75, 3.05) is 26.2 Å². The number of amides is 3. The number of aromatic nitrogens is 1. The lowest BCUT2D eigenvalue weighted by atomic mass is 9.97. The van der Waals surface area contributed by atoms with Gasteiger partial charge in [0.25, 0.3) is 10.0 Å². The van der Waals surface area contributed by atoms with Crippen LogP contribution in [0.1, 0.15) is 55.3 Å². The molecule has 5 rings (SSSR count). The van der Waals surface area contributed by atoms with Crippen LogP contribution in [-0.4, -0.2) is 95.1 Å². The van der Waals surface area contributed by atoms with Gasteiger partial charge in [0.15, 0.2) is 0 Å². The average Bonchev–Trinajstić information content (AvgIpc) is 3.88. The number of oxime groups is 1. The molecule has 1 aliphatic heterocycles. The van der Waals surface area contributed by atoms with Crippen LogP contribution in [0.5, 0.6) is 0 Å². The second-order valence-corrected chi connectivity index (χ2v) is 17.1. The Hall–Kier alpha value is -4.57. The monoisotopic (exact) mass is 778 g/mol. The summed E-state index contributed by atoms with van der Waals surface area (Å²) in [6.45, 7) is 10.6. The van der Waals surface area contributed by atoms with Crippen molar-refractivity contribution in [3.63, 3.8) is 0 Å². The molecule has 1 fully saturated rings. The third-order valence-corrected chi connectivity index (χ3v) is 11.5. The molecule has 1 saturated heterocycles. The van der Waals surface area contributed by atoms with E-state index < -0.39 is 34.1 Å². The molecule has 0 unspecified atom stereocenters. The van der Waals surface area contributed by atoms with Gasteiger partial charge in [-0.2, -0.15) is 4.31 Å². The van der Waals surface area contributed by atoms with E-state index in [1.54, 1.807) is 9.80 Å². The Bertz CT molecular complexity index is 1950. The van der Waals surface area contributed by atoms with E-state index in [2.05, 4.69) is 15.5 Å². The number of sulfonamides is 1. The molecule has 2 aromatic carbocycles. The highest BCUT2D eigenvalue weighted by molar-refractivity contribution is 7.89. The normalized spacial score (nSPS) is 15.5. The number of carbonyl (C=O) groups is 2. The van der Waals surface area contributed by atoms with Gasteiger partial charge in [0, 0.05) is 31.6 Å². The van der Waals surface area contributed by atoms with E-state index in [4.69, 9.17) is 9.25 Å². The molecular formula is C39H50N6O7S2. The van der Waals surface area contributed by atoms with Crippen molar-refractivity contribution in [3.8, 4) is 0 Å². The van der Waals surface area contributed by atoms with Crippen LogP contribution in [0.3, 0.4) is 0 Å². The van der Waals surface area contributed by atoms with Gasteiger partial charge in [-0.05, 0) is 48.4 Å². The molecule has 1 aliphatic rings. The highest BCUT2D eigenvalue weighted by Crippen LogP contribution is 2.24. The Balaban J connectivity index is 1.31. The third-order valence-electron chi connectivity index (χ3n) is 8.96. The molecule has 2 N–H and O–H groups in total. The van der Waals surface area contributed by atoms with Crippen LogP contribution >= 0.6 is 11.3 Å². The number of nitrogens with zero attached hydrogens (tertiary/aromatic N) is 5. The van der Waals surface area contributed by atoms with E-state index in [0.717, 1.165) is 21.8 Å². The summed E-state index contributed by atoms with van der Waals surface area (Å²) in [6.07, 6.45) is 0.197. The first kappa shape index (κ1) is 40.6. The number of urea groups is 1. The SMILES string of the molecule is Cc1nc(CN2CCN([C@H](C(=O)N[C@@H](Cc3ccccc3)[C@H](O)CN(CC(C)C)S(=O)(=O)c3ccc(/C=N\OCc4ccccc4)o3)C(C)C)C2=O)cs1. The zero-order valence-electron chi connectivity index (χ0n) is 31.4. The van der Waals surface area contributed by atoms with Crippen molar-refractivity contribution in [3.05, 3.63) is 106 Å². The fourth-order valence-electron chi connectivity index (χ4n) is 6.36. The lowest BCUT2D eigenvalue weighted by Gasteiger charge is -2.34. The zero-order chi connectivity index (χ0) is 38.8. The third kappa shape index (κ3) is 10.8. The van der Waals surface area contributed by atoms with Gasteiger partial charge in [0.1, 0.15) is 24.6 Å². The first-order valence-corrected chi connectivity index (χ1v) is 20.4. The van der Waals surface area contributed by atoms with E-state index in [-0.39, 0.29) is 54.8 Å². The molecule has 2 aromatic heterocycles. The van der Waals surface area contributed by atoms with E-state index in [1.807, 2.05) is 101 Å². The predicted molar refractivity (Wildman–Crippen MR) is 207 cm³/mol. The molecule has 3 heterocycles. The van der Waals surface area contributed by atoms with Gasteiger partial charge >= 0.3 is 6.03 Å². The van der Waals surface area contributed by atoms with Gasteiger partial charge in [0.2, 0.25) is 11.0 Å². The second-order valence-electron chi connectivity index (χ2n) is 14.2. The number of thiazole rings is 1. The summed E-state index contributed by atoms with van der Waals surface area (Å²) in [6, 6.07) is 19.7. The Morgan fingerprint density at radius 3 is 2.35 bits per heavy atom. The van der Waals surface area contributed by atoms with Gasteiger partial charge in [-0.1, -0.05) is 93.5 Å². The Morgan fingerprint density at radius 1 is 1.04 bits per heavy atom. The summed E-state index contributed by atoms with van der Waals surface area (Å²) in [4.78, 5) is 40.8. The van der Waals surface area contributed by atoms with Gasteiger partial charge in [-0.25, -0.2) is 18.2 Å². The lowest BCUT2D eigenvalue weighted by Crippen LogP contribution is -2.57. The van der Waals surface area contributed by atoms with Crippen LogP contribution in [0.2, 0.25) is 0 Å². The fraction of sp³-hybridized carbons (Fsp3) is 0.436. The van der Waals surface area contributed by atoms with Crippen molar-refractivity contribution in [1.82, 2.24) is 24.4 Å². The van der Waals surface area contributed by atoms with Gasteiger partial charge in [-0.15, -0.1) is 11.3 Å². The lowest BCUT2D eigenvalue weighted by molar-refractivity contribution is -0.128. The summed E-state index contributed by atoms with van der Waals surface area (Å²) in [5.74, 6) is -0.591. The Morgan fingerprint density at radius 2 is 1.72 bits per heavy atom. The first-order valence-electron chi connectivity index (χ1n) is 18.1. The van der Waals surface area contributed by atoms with Crippen LogP contribution in [0.25, 0.3) is 0 Å². The van der Waals surface area contributed by atoms with E-state index in [1.165, 1.54) is 34.0 Å². The molecule has 54 heavy (non-hydrogen) atoms. The number of aliphatic hydroxyl groups is 1. The molecule has 15 heteroatoms. The molecule has 290 valence electrons. The minimum absolute atomic E-state index is 0.0843. The molecule has 0 saturated carbocycles. The van der Waals surface area contributed by atoms with Crippen LogP contribution in [0, 0.1) is 18.8 Å². The van der Waals surface area contributed by atoms with E-state index in [9.17, 15) is 23.1 Å². The summed E-state index contributed by atoms with van der Waals surface area (Å²) in [5, 5.41) is 21.3. The first-order chi connectivity index (χ1) is 25.8. The Kier molecular flexibility index (Phi) is 14.0. The van der Waals surface area contributed by atoms with Gasteiger partial charge < -0.3 is 29.5 Å². The number of furan rings is 1. The van der Waals surface area contributed by atoms with Crippen LogP contribution < -0.4 is 5.32 Å². The van der Waals surface area contributed by atoms with Crippen LogP contribution in [0.15, 0.2) is 92.8 Å². The van der Waals surface area contributed by atoms with E-state index >= 15 is 0 Å². The highest BCUT2D eigenvalue weighted by atomic mass is 32.2. The number of rotatable bonds is 19. The number of aryl methyl sites for hydroxylation is 1. The van der Waals surface area contributed by atoms with Crippen LogP contribution in [0.4, 0.5) is 4.79 Å². The quantitative estimate of drug-likeness (QED) is 0.0961. The molecule has 13 nitrogen and oxygen atoms in total.